The van der Waals surface area contributed by atoms with Gasteiger partial charge in [0.1, 0.15) is 11.8 Å². The van der Waals surface area contributed by atoms with Gasteiger partial charge < -0.3 is 4.42 Å². The molecule has 1 atom stereocenters. The van der Waals surface area contributed by atoms with Crippen molar-refractivity contribution in [2.24, 2.45) is 5.84 Å². The van der Waals surface area contributed by atoms with Gasteiger partial charge in [-0.1, -0.05) is 23.4 Å². The second kappa shape index (κ2) is 5.58. The number of hydrogen-bond acceptors (Lipinski definition) is 5. The summed E-state index contributed by atoms with van der Waals surface area (Å²) in [7, 11) is 0. The molecule has 2 aromatic heterocycles. The minimum atomic E-state index is -0.337. The normalized spacial score (nSPS) is 12.5. The summed E-state index contributed by atoms with van der Waals surface area (Å²) in [6.07, 6.45) is 1.66. The van der Waals surface area contributed by atoms with Gasteiger partial charge in [-0.2, -0.15) is 0 Å². The summed E-state index contributed by atoms with van der Waals surface area (Å²) in [4.78, 5) is 0. The third-order valence-electron chi connectivity index (χ3n) is 2.92. The summed E-state index contributed by atoms with van der Waals surface area (Å²) in [5, 5.41) is 8.07. The van der Waals surface area contributed by atoms with E-state index in [4.69, 9.17) is 10.3 Å². The van der Waals surface area contributed by atoms with E-state index in [2.05, 4.69) is 31.7 Å². The van der Waals surface area contributed by atoms with Crippen molar-refractivity contribution < 1.29 is 4.42 Å². The molecule has 3 aromatic rings. The van der Waals surface area contributed by atoms with Crippen molar-refractivity contribution >= 4 is 15.9 Å². The van der Waals surface area contributed by atoms with Crippen molar-refractivity contribution in [2.45, 2.75) is 6.04 Å². The highest BCUT2D eigenvalue weighted by atomic mass is 79.9. The van der Waals surface area contributed by atoms with Crippen LogP contribution in [0.1, 0.15) is 17.5 Å². The highest BCUT2D eigenvalue weighted by Crippen LogP contribution is 2.26. The Morgan fingerprint density at radius 2 is 2.00 bits per heavy atom. The predicted molar refractivity (Wildman–Crippen MR) is 76.9 cm³/mol. The first-order chi connectivity index (χ1) is 9.79. The van der Waals surface area contributed by atoms with Crippen LogP contribution in [0.25, 0.3) is 5.69 Å². The number of para-hydroxylation sites is 1. The molecule has 3 N–H and O–H groups in total. The van der Waals surface area contributed by atoms with E-state index in [9.17, 15) is 0 Å². The molecule has 0 amide bonds. The van der Waals surface area contributed by atoms with Gasteiger partial charge in [-0.15, -0.1) is 5.10 Å². The second-order valence-electron chi connectivity index (χ2n) is 4.15. The van der Waals surface area contributed by atoms with E-state index in [0.29, 0.717) is 10.4 Å². The van der Waals surface area contributed by atoms with Gasteiger partial charge in [-0.3, -0.25) is 5.84 Å². The summed E-state index contributed by atoms with van der Waals surface area (Å²) in [5.74, 6) is 6.34. The monoisotopic (exact) mass is 333 g/mol. The topological polar surface area (TPSA) is 81.9 Å². The standard InChI is InChI=1S/C13H12BrN5O/c14-12-7-6-11(20-12)13(17-15)10-8-16-18-19(10)9-4-2-1-3-5-9/h1-8,13,17H,15H2. The molecule has 0 aliphatic rings. The number of nitrogens with one attached hydrogen (secondary N) is 1. The van der Waals surface area contributed by atoms with Crippen LogP contribution in [0.4, 0.5) is 0 Å². The number of rotatable bonds is 4. The second-order valence-corrected chi connectivity index (χ2v) is 4.93. The molecule has 6 nitrogen and oxygen atoms in total. The van der Waals surface area contributed by atoms with Gasteiger partial charge in [-0.05, 0) is 40.2 Å². The van der Waals surface area contributed by atoms with Crippen molar-refractivity contribution in [3.8, 4) is 5.69 Å². The molecule has 7 heteroatoms. The summed E-state index contributed by atoms with van der Waals surface area (Å²) >= 11 is 3.28. The minimum absolute atomic E-state index is 0.337. The van der Waals surface area contributed by atoms with Gasteiger partial charge in [0.15, 0.2) is 4.67 Å². The maximum atomic E-state index is 5.66. The van der Waals surface area contributed by atoms with Gasteiger partial charge in [0.2, 0.25) is 0 Å². The number of halogens is 1. The zero-order valence-corrected chi connectivity index (χ0v) is 12.0. The first kappa shape index (κ1) is 13.0. The van der Waals surface area contributed by atoms with E-state index in [-0.39, 0.29) is 6.04 Å². The first-order valence-corrected chi connectivity index (χ1v) is 6.76. The van der Waals surface area contributed by atoms with Crippen LogP contribution in [0.3, 0.4) is 0 Å². The molecule has 1 aromatic carbocycles. The van der Waals surface area contributed by atoms with Crippen molar-refractivity contribution in [1.29, 1.82) is 0 Å². The molecule has 0 aliphatic carbocycles. The smallest absolute Gasteiger partial charge is 0.169 e. The fourth-order valence-corrected chi connectivity index (χ4v) is 2.33. The first-order valence-electron chi connectivity index (χ1n) is 5.97. The average molecular weight is 334 g/mol. The zero-order chi connectivity index (χ0) is 13.9. The lowest BCUT2D eigenvalue weighted by atomic mass is 10.1. The number of benzene rings is 1. The molecule has 0 fully saturated rings. The van der Waals surface area contributed by atoms with Crippen LogP contribution in [0.2, 0.25) is 0 Å². The van der Waals surface area contributed by atoms with Crippen molar-refractivity contribution in [1.82, 2.24) is 20.4 Å². The Morgan fingerprint density at radius 1 is 1.20 bits per heavy atom. The lowest BCUT2D eigenvalue weighted by molar-refractivity contribution is 0.428. The Kier molecular flexibility index (Phi) is 3.64. The molecule has 0 spiro atoms. The predicted octanol–water partition coefficient (Wildman–Crippen LogP) is 2.18. The molecular formula is C13H12BrN5O. The van der Waals surface area contributed by atoms with Crippen LogP contribution in [0, 0.1) is 0 Å². The zero-order valence-electron chi connectivity index (χ0n) is 10.4. The van der Waals surface area contributed by atoms with Crippen molar-refractivity contribution in [2.75, 3.05) is 0 Å². The molecule has 0 radical (unpaired) electrons. The Hall–Kier alpha value is -1.96. The third-order valence-corrected chi connectivity index (χ3v) is 3.34. The number of aromatic nitrogens is 3. The fraction of sp³-hybridized carbons (Fsp3) is 0.0769. The quantitative estimate of drug-likeness (QED) is 0.564. The van der Waals surface area contributed by atoms with Crippen LogP contribution in [0.5, 0.6) is 0 Å². The number of hydrazine groups is 1. The van der Waals surface area contributed by atoms with E-state index >= 15 is 0 Å². The van der Waals surface area contributed by atoms with E-state index in [1.54, 1.807) is 10.9 Å². The number of hydrogen-bond donors (Lipinski definition) is 2. The molecule has 0 saturated carbocycles. The Bertz CT molecular complexity index is 694. The molecule has 0 aliphatic heterocycles. The Balaban J connectivity index is 2.04. The van der Waals surface area contributed by atoms with E-state index in [1.165, 1.54) is 0 Å². The summed E-state index contributed by atoms with van der Waals surface area (Å²) < 4.78 is 7.92. The number of nitrogens with two attached hydrogens (primary N) is 1. The van der Waals surface area contributed by atoms with Crippen molar-refractivity contribution in [3.05, 3.63) is 64.8 Å². The minimum Gasteiger partial charge on any atom is -0.452 e. The largest absolute Gasteiger partial charge is 0.452 e. The summed E-state index contributed by atoms with van der Waals surface area (Å²) in [6.45, 7) is 0. The fourth-order valence-electron chi connectivity index (χ4n) is 2.01. The molecule has 3 rings (SSSR count). The molecular weight excluding hydrogens is 322 g/mol. The SMILES string of the molecule is NNC(c1ccc(Br)o1)c1cnnn1-c1ccccc1. The number of furan rings is 1. The number of nitrogens with zero attached hydrogens (tertiary/aromatic N) is 3. The highest BCUT2D eigenvalue weighted by molar-refractivity contribution is 9.10. The van der Waals surface area contributed by atoms with Gasteiger partial charge in [0.05, 0.1) is 17.6 Å². The molecule has 0 bridgehead atoms. The van der Waals surface area contributed by atoms with Gasteiger partial charge in [-0.25, -0.2) is 10.1 Å². The molecule has 102 valence electrons. The molecule has 2 heterocycles. The van der Waals surface area contributed by atoms with E-state index in [1.807, 2.05) is 42.5 Å². The Labute approximate surface area is 123 Å². The van der Waals surface area contributed by atoms with Gasteiger partial charge >= 0.3 is 0 Å². The van der Waals surface area contributed by atoms with Crippen LogP contribution in [0.15, 0.2) is 57.7 Å². The van der Waals surface area contributed by atoms with Crippen LogP contribution in [-0.2, 0) is 0 Å². The average Bonchev–Trinajstić information content (AvgIpc) is 3.11. The third kappa shape index (κ3) is 2.38. The van der Waals surface area contributed by atoms with Crippen molar-refractivity contribution in [3.63, 3.8) is 0 Å². The van der Waals surface area contributed by atoms with Crippen LogP contribution < -0.4 is 11.3 Å². The van der Waals surface area contributed by atoms with Gasteiger partial charge in [0.25, 0.3) is 0 Å². The summed E-state index contributed by atoms with van der Waals surface area (Å²) in [5.41, 5.74) is 4.43. The van der Waals surface area contributed by atoms with E-state index in [0.717, 1.165) is 11.4 Å². The Morgan fingerprint density at radius 3 is 2.65 bits per heavy atom. The maximum absolute atomic E-state index is 5.66. The maximum Gasteiger partial charge on any atom is 0.169 e. The molecule has 20 heavy (non-hydrogen) atoms. The van der Waals surface area contributed by atoms with Crippen LogP contribution in [-0.4, -0.2) is 15.0 Å². The van der Waals surface area contributed by atoms with Crippen LogP contribution >= 0.6 is 15.9 Å². The summed E-state index contributed by atoms with van der Waals surface area (Å²) in [6, 6.07) is 13.0. The lowest BCUT2D eigenvalue weighted by Crippen LogP contribution is -2.30. The van der Waals surface area contributed by atoms with Gasteiger partial charge in [0, 0.05) is 0 Å². The highest BCUT2D eigenvalue weighted by Gasteiger charge is 2.21. The lowest BCUT2D eigenvalue weighted by Gasteiger charge is -2.14. The molecule has 1 unspecified atom stereocenters. The van der Waals surface area contributed by atoms with E-state index < -0.39 is 0 Å². The molecule has 0 saturated heterocycles.